The van der Waals surface area contributed by atoms with E-state index in [-0.39, 0.29) is 17.8 Å². The molecule has 10 nitrogen and oxygen atoms in total. The van der Waals surface area contributed by atoms with Crippen molar-refractivity contribution in [1.82, 2.24) is 5.01 Å². The Morgan fingerprint density at radius 1 is 1.20 bits per heavy atom. The van der Waals surface area contributed by atoms with Crippen LogP contribution in [0.1, 0.15) is 11.1 Å². The number of hydrogen-bond donors (Lipinski definition) is 1. The number of halogens is 4. The molecule has 14 heteroatoms. The van der Waals surface area contributed by atoms with E-state index in [2.05, 4.69) is 14.6 Å². The van der Waals surface area contributed by atoms with Gasteiger partial charge in [-0.1, -0.05) is 17.7 Å². The molecular formula is C21H15ClF3N3O7. The summed E-state index contributed by atoms with van der Waals surface area (Å²) in [6.45, 7) is -0.640. The van der Waals surface area contributed by atoms with E-state index < -0.39 is 42.5 Å². The Bertz CT molecular complexity index is 1240. The number of urea groups is 1. The summed E-state index contributed by atoms with van der Waals surface area (Å²) < 4.78 is 51.3. The minimum Gasteiger partial charge on any atom is -0.479 e. The first-order chi connectivity index (χ1) is 16.4. The topological polar surface area (TPSA) is 118 Å². The molecule has 0 spiro atoms. The molecule has 4 rings (SSSR count). The first-order valence-corrected chi connectivity index (χ1v) is 10.1. The monoisotopic (exact) mass is 513 g/mol. The van der Waals surface area contributed by atoms with E-state index in [9.17, 15) is 32.7 Å². The number of aliphatic carboxylic acids is 1. The number of alkyl halides is 3. The number of rotatable bonds is 3. The highest BCUT2D eigenvalue weighted by Gasteiger charge is 2.54. The van der Waals surface area contributed by atoms with Crippen LogP contribution in [0.3, 0.4) is 0 Å². The molecule has 0 saturated carbocycles. The molecule has 1 aliphatic carbocycles. The van der Waals surface area contributed by atoms with Crippen molar-refractivity contribution >= 4 is 41.1 Å². The maximum atomic E-state index is 13.2. The van der Waals surface area contributed by atoms with Crippen LogP contribution in [0.5, 0.6) is 5.75 Å². The zero-order valence-corrected chi connectivity index (χ0v) is 18.5. The lowest BCUT2D eigenvalue weighted by Crippen LogP contribution is -2.56. The smallest absolute Gasteiger partial charge is 0.479 e. The van der Waals surface area contributed by atoms with Crippen LogP contribution in [-0.4, -0.2) is 59.7 Å². The maximum absolute atomic E-state index is 13.2. The van der Waals surface area contributed by atoms with E-state index in [1.807, 2.05) is 0 Å². The van der Waals surface area contributed by atoms with E-state index in [0.29, 0.717) is 26.1 Å². The molecule has 0 unspecified atom stereocenters. The fourth-order valence-electron chi connectivity index (χ4n) is 3.72. The number of imide groups is 1. The molecule has 1 heterocycles. The van der Waals surface area contributed by atoms with Gasteiger partial charge in [0, 0.05) is 17.0 Å². The summed E-state index contributed by atoms with van der Waals surface area (Å²) in [6.07, 6.45) is -6.19. The van der Waals surface area contributed by atoms with Gasteiger partial charge >= 0.3 is 24.5 Å². The predicted molar refractivity (Wildman–Crippen MR) is 113 cm³/mol. The lowest BCUT2D eigenvalue weighted by Gasteiger charge is -2.35. The van der Waals surface area contributed by atoms with E-state index in [1.165, 1.54) is 12.1 Å². The van der Waals surface area contributed by atoms with Crippen LogP contribution >= 0.6 is 11.6 Å². The number of amides is 3. The highest BCUT2D eigenvalue weighted by molar-refractivity contribution is 6.31. The largest absolute Gasteiger partial charge is 0.573 e. The molecule has 2 aliphatic rings. The summed E-state index contributed by atoms with van der Waals surface area (Å²) >= 11 is 6.01. The molecule has 2 aromatic rings. The number of carbonyl (C=O) groups excluding carboxylic acids is 2. The zero-order valence-electron chi connectivity index (χ0n) is 17.7. The van der Waals surface area contributed by atoms with Gasteiger partial charge in [-0.25, -0.2) is 14.4 Å². The van der Waals surface area contributed by atoms with Crippen LogP contribution in [0.4, 0.5) is 28.4 Å². The molecule has 3 amide bonds. The summed E-state index contributed by atoms with van der Waals surface area (Å²) in [5.74, 6) is -1.91. The van der Waals surface area contributed by atoms with Gasteiger partial charge in [-0.05, 0) is 42.0 Å². The van der Waals surface area contributed by atoms with Gasteiger partial charge < -0.3 is 19.3 Å². The number of anilines is 1. The van der Waals surface area contributed by atoms with Crippen molar-refractivity contribution in [3.05, 3.63) is 58.6 Å². The van der Waals surface area contributed by atoms with Gasteiger partial charge in [0.1, 0.15) is 18.2 Å². The van der Waals surface area contributed by atoms with Crippen LogP contribution in [0.25, 0.3) is 0 Å². The third kappa shape index (κ3) is 4.47. The van der Waals surface area contributed by atoms with Crippen molar-refractivity contribution in [2.45, 2.75) is 18.4 Å². The number of methoxy groups -OCH3 is 1. The summed E-state index contributed by atoms with van der Waals surface area (Å²) in [5, 5.41) is 15.1. The van der Waals surface area contributed by atoms with Gasteiger partial charge in [-0.15, -0.1) is 13.2 Å². The van der Waals surface area contributed by atoms with Crippen LogP contribution in [0.2, 0.25) is 5.02 Å². The number of benzene rings is 2. The van der Waals surface area contributed by atoms with Gasteiger partial charge in [0.15, 0.2) is 0 Å². The highest BCUT2D eigenvalue weighted by atomic mass is 35.5. The molecule has 1 atom stereocenters. The predicted octanol–water partition coefficient (Wildman–Crippen LogP) is 4.00. The third-order valence-corrected chi connectivity index (χ3v) is 5.48. The van der Waals surface area contributed by atoms with Crippen molar-refractivity contribution in [1.29, 1.82) is 0 Å². The molecule has 0 aromatic heterocycles. The van der Waals surface area contributed by atoms with Gasteiger partial charge in [0.25, 0.3) is 0 Å². The number of nitrogens with zero attached hydrogens (tertiary/aromatic N) is 3. The summed E-state index contributed by atoms with van der Waals surface area (Å²) in [7, 11) is 0.995. The van der Waals surface area contributed by atoms with Crippen LogP contribution in [0, 0.1) is 0 Å². The van der Waals surface area contributed by atoms with Crippen LogP contribution in [-0.2, 0) is 20.7 Å². The van der Waals surface area contributed by atoms with Crippen LogP contribution in [0.15, 0.2) is 47.6 Å². The van der Waals surface area contributed by atoms with E-state index >= 15 is 0 Å². The number of ether oxygens (including phenoxy) is 3. The number of fused-ring (bicyclic) bond motifs is 3. The second kappa shape index (κ2) is 8.74. The van der Waals surface area contributed by atoms with Crippen LogP contribution < -0.4 is 9.64 Å². The maximum Gasteiger partial charge on any atom is 0.573 e. The van der Waals surface area contributed by atoms with Crippen molar-refractivity contribution in [2.24, 2.45) is 5.10 Å². The lowest BCUT2D eigenvalue weighted by molar-refractivity contribution is -0.274. The Labute approximate surface area is 200 Å². The molecule has 0 saturated heterocycles. The minimum absolute atomic E-state index is 0.0741. The Balaban J connectivity index is 1.69. The van der Waals surface area contributed by atoms with Crippen molar-refractivity contribution < 1.29 is 46.9 Å². The summed E-state index contributed by atoms with van der Waals surface area (Å²) in [4.78, 5) is 38.2. The van der Waals surface area contributed by atoms with E-state index in [1.54, 1.807) is 6.07 Å². The number of hydrogen-bond acceptors (Lipinski definition) is 7. The number of carboxylic acid groups (broad SMARTS) is 1. The Morgan fingerprint density at radius 2 is 1.89 bits per heavy atom. The van der Waals surface area contributed by atoms with Gasteiger partial charge in [-0.3, -0.25) is 0 Å². The average Bonchev–Trinajstić information content (AvgIpc) is 3.13. The Kier molecular flexibility index (Phi) is 6.07. The molecule has 1 N–H and O–H groups in total. The average molecular weight is 514 g/mol. The molecule has 0 bridgehead atoms. The molecule has 35 heavy (non-hydrogen) atoms. The zero-order chi connectivity index (χ0) is 25.5. The minimum atomic E-state index is -4.93. The fourth-order valence-corrected chi connectivity index (χ4v) is 3.91. The van der Waals surface area contributed by atoms with E-state index in [4.69, 9.17) is 16.3 Å². The van der Waals surface area contributed by atoms with Gasteiger partial charge in [0.05, 0.1) is 12.8 Å². The van der Waals surface area contributed by atoms with Gasteiger partial charge in [0.2, 0.25) is 5.60 Å². The van der Waals surface area contributed by atoms with Crippen molar-refractivity contribution in [3.63, 3.8) is 0 Å². The molecule has 0 fully saturated rings. The lowest BCUT2D eigenvalue weighted by atomic mass is 9.98. The number of hydrazone groups is 1. The quantitative estimate of drug-likeness (QED) is 0.659. The fraction of sp³-hybridized carbons (Fsp3) is 0.238. The van der Waals surface area contributed by atoms with Gasteiger partial charge in [-0.2, -0.15) is 15.0 Å². The summed E-state index contributed by atoms with van der Waals surface area (Å²) in [6, 6.07) is 7.38. The highest BCUT2D eigenvalue weighted by Crippen LogP contribution is 2.38. The molecule has 184 valence electrons. The van der Waals surface area contributed by atoms with E-state index in [0.717, 1.165) is 31.4 Å². The Morgan fingerprint density at radius 3 is 2.49 bits per heavy atom. The second-order valence-electron chi connectivity index (χ2n) is 7.36. The first kappa shape index (κ1) is 24.3. The normalized spacial score (nSPS) is 18.8. The molecule has 2 aromatic carbocycles. The van der Waals surface area contributed by atoms with Crippen molar-refractivity contribution in [3.8, 4) is 5.75 Å². The standard InChI is InChI=1S/C21H15ClF3N3O7/c1-33-19(32)28(13-3-5-14(6-4-13)35-21(23,24)25)18(31)27-10-34-20(17(29)30)9-11-8-12(22)2-7-15(11)16(20)26-27/h2-8H,9-10H2,1H3,(H,29,30)/t20-/m1/s1. The summed E-state index contributed by atoms with van der Waals surface area (Å²) in [5.41, 5.74) is -1.16. The molecule has 1 aliphatic heterocycles. The Hall–Kier alpha value is -3.84. The second-order valence-corrected chi connectivity index (χ2v) is 7.80. The molecular weight excluding hydrogens is 499 g/mol. The number of carbonyl (C=O) groups is 3. The number of carboxylic acids is 1. The SMILES string of the molecule is COC(=O)N(C(=O)N1CO[C@]2(C(=O)O)Cc3cc(Cl)ccc3C2=N1)c1ccc(OC(F)(F)F)cc1. The molecule has 0 radical (unpaired) electrons. The first-order valence-electron chi connectivity index (χ1n) is 9.76. The third-order valence-electron chi connectivity index (χ3n) is 5.24. The van der Waals surface area contributed by atoms with Crippen molar-refractivity contribution in [2.75, 3.05) is 18.7 Å².